The van der Waals surface area contributed by atoms with E-state index in [9.17, 15) is 14.4 Å². The number of carbonyl (C=O) groups is 4. The average Bonchev–Trinajstić information content (AvgIpc) is 2.90. The Labute approximate surface area is 217 Å². The van der Waals surface area contributed by atoms with E-state index in [0.717, 1.165) is 0 Å². The zero-order valence-corrected chi connectivity index (χ0v) is 20.2. The minimum Gasteiger partial charge on any atom is -0.483 e. The molecule has 3 aromatic rings. The quantitative estimate of drug-likeness (QED) is 0.174. The van der Waals surface area contributed by atoms with Crippen LogP contribution in [-0.4, -0.2) is 77.3 Å². The Kier molecular flexibility index (Phi) is 19.2. The van der Waals surface area contributed by atoms with Gasteiger partial charge in [-0.1, -0.05) is 61.5 Å². The lowest BCUT2D eigenvalue weighted by molar-refractivity contribution is -0.354. The van der Waals surface area contributed by atoms with Crippen molar-refractivity contribution in [3.63, 3.8) is 0 Å². The Bertz CT molecular complexity index is 932. The van der Waals surface area contributed by atoms with Gasteiger partial charge in [-0.2, -0.15) is 0 Å². The molecule has 38 heavy (non-hydrogen) atoms. The van der Waals surface area contributed by atoms with Crippen LogP contribution in [0.5, 0.6) is 0 Å². The molecule has 8 N–H and O–H groups in total. The Balaban J connectivity index is 0. The van der Waals surface area contributed by atoms with Gasteiger partial charge in [-0.3, -0.25) is 4.79 Å². The lowest BCUT2D eigenvalue weighted by atomic mass is 10.2. The maximum atomic E-state index is 10.2. The number of aliphatic hydroxyl groups excluding tert-OH is 1. The van der Waals surface area contributed by atoms with Gasteiger partial charge in [-0.05, 0) is 42.8 Å². The molecule has 0 saturated heterocycles. The van der Waals surface area contributed by atoms with Crippen molar-refractivity contribution >= 4 is 24.4 Å². The summed E-state index contributed by atoms with van der Waals surface area (Å²) in [7, 11) is 0. The van der Waals surface area contributed by atoms with Gasteiger partial charge in [0.05, 0.1) is 16.7 Å². The predicted molar refractivity (Wildman–Crippen MR) is 135 cm³/mol. The summed E-state index contributed by atoms with van der Waals surface area (Å²) in [4.78, 5) is 39.0. The van der Waals surface area contributed by atoms with E-state index in [2.05, 4.69) is 0 Å². The van der Waals surface area contributed by atoms with E-state index in [4.69, 9.17) is 45.6 Å². The average molecular weight is 535 g/mol. The molecule has 0 spiro atoms. The van der Waals surface area contributed by atoms with Crippen LogP contribution < -0.4 is 0 Å². The van der Waals surface area contributed by atoms with Crippen molar-refractivity contribution in [2.75, 3.05) is 0 Å². The van der Waals surface area contributed by atoms with Crippen LogP contribution in [0.2, 0.25) is 0 Å². The second-order valence-electron chi connectivity index (χ2n) is 6.73. The molecule has 12 nitrogen and oxygen atoms in total. The summed E-state index contributed by atoms with van der Waals surface area (Å²) >= 11 is 0. The fraction of sp³-hybridized carbons (Fsp3) is 0.154. The van der Waals surface area contributed by atoms with Crippen LogP contribution in [0, 0.1) is 0 Å². The number of carboxylic acid groups (broad SMARTS) is 4. The third-order valence-electron chi connectivity index (χ3n) is 3.90. The maximum absolute atomic E-state index is 10.2. The predicted octanol–water partition coefficient (Wildman–Crippen LogP) is 2.24. The van der Waals surface area contributed by atoms with E-state index in [1.807, 2.05) is 0 Å². The van der Waals surface area contributed by atoms with Crippen molar-refractivity contribution < 1.29 is 60.0 Å². The van der Waals surface area contributed by atoms with Crippen LogP contribution in [0.4, 0.5) is 0 Å². The van der Waals surface area contributed by atoms with Gasteiger partial charge >= 0.3 is 23.9 Å². The molecule has 1 unspecified atom stereocenters. The van der Waals surface area contributed by atoms with Gasteiger partial charge in [0.25, 0.3) is 6.47 Å². The Hall–Kier alpha value is -4.62. The fourth-order valence-corrected chi connectivity index (χ4v) is 2.02. The molecule has 3 rings (SSSR count). The van der Waals surface area contributed by atoms with Crippen molar-refractivity contribution in [1.29, 1.82) is 0 Å². The Morgan fingerprint density at radius 3 is 0.947 bits per heavy atom. The molecular weight excluding hydrogens is 504 g/mol. The summed E-state index contributed by atoms with van der Waals surface area (Å²) in [6.45, 7) is 1.27. The zero-order chi connectivity index (χ0) is 29.6. The van der Waals surface area contributed by atoms with E-state index < -0.39 is 30.0 Å². The molecule has 0 amide bonds. The highest BCUT2D eigenvalue weighted by Crippen LogP contribution is 2.04. The lowest BCUT2D eigenvalue weighted by Crippen LogP contribution is -2.41. The molecule has 0 fully saturated rings. The van der Waals surface area contributed by atoms with Gasteiger partial charge in [0.1, 0.15) is 6.10 Å². The van der Waals surface area contributed by atoms with Crippen LogP contribution in [0.1, 0.15) is 44.4 Å². The minimum atomic E-state index is -2.94. The molecule has 206 valence electrons. The number of hydrogen-bond acceptors (Lipinski definition) is 8. The summed E-state index contributed by atoms with van der Waals surface area (Å²) in [5.41, 5.74) is 0.993. The highest BCUT2D eigenvalue weighted by Gasteiger charge is 2.27. The monoisotopic (exact) mass is 534 g/mol. The smallest absolute Gasteiger partial charge is 0.335 e. The molecule has 0 aliphatic rings. The number of rotatable bonds is 5. The molecular formula is C26H30O12. The second-order valence-corrected chi connectivity index (χ2v) is 6.73. The lowest BCUT2D eigenvalue weighted by Gasteiger charge is -2.18. The first-order valence-corrected chi connectivity index (χ1v) is 10.6. The summed E-state index contributed by atoms with van der Waals surface area (Å²) in [5, 5.41) is 64.9. The molecule has 0 aliphatic carbocycles. The first kappa shape index (κ1) is 35.5. The van der Waals surface area contributed by atoms with E-state index in [-0.39, 0.29) is 12.9 Å². The van der Waals surface area contributed by atoms with Gasteiger partial charge in [-0.15, -0.1) is 0 Å². The van der Waals surface area contributed by atoms with Crippen molar-refractivity contribution in [1.82, 2.24) is 0 Å². The molecule has 0 aromatic heterocycles. The molecule has 0 bridgehead atoms. The first-order valence-electron chi connectivity index (χ1n) is 10.6. The number of aliphatic hydroxyl groups is 4. The van der Waals surface area contributed by atoms with Gasteiger partial charge in [0, 0.05) is 0 Å². The van der Waals surface area contributed by atoms with E-state index >= 15 is 0 Å². The topological polar surface area (TPSA) is 230 Å². The van der Waals surface area contributed by atoms with Crippen molar-refractivity contribution in [2.45, 2.75) is 25.4 Å². The van der Waals surface area contributed by atoms with Crippen LogP contribution in [0.3, 0.4) is 0 Å². The highest BCUT2D eigenvalue weighted by molar-refractivity contribution is 5.88. The normalized spacial score (nSPS) is 10.0. The van der Waals surface area contributed by atoms with Crippen LogP contribution in [-0.2, 0) is 4.79 Å². The molecule has 0 saturated carbocycles. The van der Waals surface area contributed by atoms with E-state index in [1.54, 1.807) is 91.0 Å². The van der Waals surface area contributed by atoms with Gasteiger partial charge in [-0.25, -0.2) is 14.4 Å². The first-order chi connectivity index (χ1) is 17.8. The SMILES string of the molecule is CCC(O)C(O)(O)O.O=C(O)c1ccccc1.O=C(O)c1ccccc1.O=C(O)c1ccccc1.O=CO. The van der Waals surface area contributed by atoms with Gasteiger partial charge in [0.15, 0.2) is 0 Å². The molecule has 0 radical (unpaired) electrons. The standard InChI is InChI=1S/3C7H6O2.C4H10O4.CH2O2/c3*8-7(9)6-4-2-1-3-5-6;1-2-3(5)4(6,7)8;2-1-3/h3*1-5H,(H,8,9);3,5-8H,2H2,1H3;1H,(H,2,3). The van der Waals surface area contributed by atoms with Crippen LogP contribution >= 0.6 is 0 Å². The summed E-state index contributed by atoms with van der Waals surface area (Å²) in [6.07, 6.45) is -1.38. The minimum absolute atomic E-state index is 0.101. The molecule has 3 aromatic carbocycles. The van der Waals surface area contributed by atoms with Crippen molar-refractivity contribution in [3.05, 3.63) is 108 Å². The second kappa shape index (κ2) is 20.6. The third kappa shape index (κ3) is 18.7. The van der Waals surface area contributed by atoms with E-state index in [1.165, 1.54) is 6.92 Å². The summed E-state index contributed by atoms with van der Waals surface area (Å²) < 4.78 is 0. The van der Waals surface area contributed by atoms with Crippen molar-refractivity contribution in [3.8, 4) is 0 Å². The van der Waals surface area contributed by atoms with Crippen molar-refractivity contribution in [2.24, 2.45) is 0 Å². The molecule has 12 heteroatoms. The Morgan fingerprint density at radius 2 is 0.868 bits per heavy atom. The maximum Gasteiger partial charge on any atom is 0.335 e. The zero-order valence-electron chi connectivity index (χ0n) is 20.2. The third-order valence-corrected chi connectivity index (χ3v) is 3.90. The van der Waals surface area contributed by atoms with E-state index in [0.29, 0.717) is 16.7 Å². The number of hydrogen-bond donors (Lipinski definition) is 8. The summed E-state index contributed by atoms with van der Waals surface area (Å²) in [6, 6.07) is 24.9. The van der Waals surface area contributed by atoms with Crippen LogP contribution in [0.15, 0.2) is 91.0 Å². The number of aromatic carboxylic acids is 3. The molecule has 0 aliphatic heterocycles. The molecule has 1 atom stereocenters. The largest absolute Gasteiger partial charge is 0.483 e. The number of carboxylic acids is 3. The fourth-order valence-electron chi connectivity index (χ4n) is 2.02. The van der Waals surface area contributed by atoms with Gasteiger partial charge in [0.2, 0.25) is 0 Å². The summed E-state index contributed by atoms with van der Waals surface area (Å²) in [5.74, 6) is -5.57. The van der Waals surface area contributed by atoms with Crippen LogP contribution in [0.25, 0.3) is 0 Å². The molecule has 0 heterocycles. The van der Waals surface area contributed by atoms with Gasteiger partial charge < -0.3 is 40.9 Å². The Morgan fingerprint density at radius 1 is 0.658 bits per heavy atom. The number of benzene rings is 3. The highest BCUT2D eigenvalue weighted by atomic mass is 16.7.